The summed E-state index contributed by atoms with van der Waals surface area (Å²) in [7, 11) is 4.08. The highest BCUT2D eigenvalue weighted by molar-refractivity contribution is 5.44. The second-order valence-corrected chi connectivity index (χ2v) is 9.86. The summed E-state index contributed by atoms with van der Waals surface area (Å²) in [6.07, 6.45) is 4.80. The predicted molar refractivity (Wildman–Crippen MR) is 136 cm³/mol. The van der Waals surface area contributed by atoms with E-state index in [1.807, 2.05) is 0 Å². The van der Waals surface area contributed by atoms with E-state index in [0.717, 1.165) is 51.3 Å². The topological polar surface area (TPSA) is 15.7 Å². The van der Waals surface area contributed by atoms with Gasteiger partial charge in [-0.1, -0.05) is 60.7 Å². The molecule has 5 rings (SSSR count). The number of methoxy groups -OCH3 is 1. The van der Waals surface area contributed by atoms with Crippen LogP contribution in [0, 0.1) is 0 Å². The van der Waals surface area contributed by atoms with Crippen molar-refractivity contribution in [3.05, 3.63) is 100 Å². The van der Waals surface area contributed by atoms with E-state index in [1.54, 1.807) is 7.11 Å². The van der Waals surface area contributed by atoms with Gasteiger partial charge in [0.05, 0.1) is 7.11 Å². The van der Waals surface area contributed by atoms with Crippen LogP contribution in [0.3, 0.4) is 0 Å². The number of hydrogen-bond acceptors (Lipinski definition) is 3. The van der Waals surface area contributed by atoms with E-state index in [2.05, 4.69) is 83.6 Å². The summed E-state index contributed by atoms with van der Waals surface area (Å²) in [5.74, 6) is 1.68. The second-order valence-electron chi connectivity index (χ2n) is 9.86. The zero-order chi connectivity index (χ0) is 22.6. The Bertz CT molecular complexity index is 1080. The quantitative estimate of drug-likeness (QED) is 0.440. The maximum atomic E-state index is 5.63. The molecule has 3 aromatic rings. The largest absolute Gasteiger partial charge is 0.496 e. The van der Waals surface area contributed by atoms with Crippen molar-refractivity contribution in [2.45, 2.75) is 51.2 Å². The molecule has 3 heteroatoms. The van der Waals surface area contributed by atoms with Gasteiger partial charge in [0.1, 0.15) is 5.75 Å². The van der Waals surface area contributed by atoms with Crippen molar-refractivity contribution < 1.29 is 4.74 Å². The molecule has 0 N–H and O–H groups in total. The van der Waals surface area contributed by atoms with Crippen molar-refractivity contribution in [3.8, 4) is 5.75 Å². The van der Waals surface area contributed by atoms with Crippen molar-refractivity contribution in [2.75, 3.05) is 27.2 Å². The first-order chi connectivity index (χ1) is 16.2. The summed E-state index contributed by atoms with van der Waals surface area (Å²) in [6.45, 7) is 5.38. The lowest BCUT2D eigenvalue weighted by Crippen LogP contribution is -2.28. The summed E-state index contributed by atoms with van der Waals surface area (Å²) in [4.78, 5) is 5.07. The summed E-state index contributed by atoms with van der Waals surface area (Å²) < 4.78 is 5.63. The van der Waals surface area contributed by atoms with Gasteiger partial charge >= 0.3 is 0 Å². The highest BCUT2D eigenvalue weighted by Gasteiger charge is 2.24. The predicted octanol–water partition coefficient (Wildman–Crippen LogP) is 5.81. The van der Waals surface area contributed by atoms with Crippen LogP contribution in [0.15, 0.2) is 66.7 Å². The van der Waals surface area contributed by atoms with Gasteiger partial charge in [0.25, 0.3) is 0 Å². The zero-order valence-electron chi connectivity index (χ0n) is 20.1. The van der Waals surface area contributed by atoms with Crippen LogP contribution in [0.1, 0.15) is 52.1 Å². The highest BCUT2D eigenvalue weighted by atomic mass is 16.5. The Balaban J connectivity index is 1.16. The molecule has 172 valence electrons. The van der Waals surface area contributed by atoms with Crippen LogP contribution in [-0.2, 0) is 32.5 Å². The van der Waals surface area contributed by atoms with Crippen LogP contribution < -0.4 is 4.74 Å². The minimum atomic E-state index is 0.611. The number of nitrogens with zero attached hydrogens (tertiary/aromatic N) is 2. The average molecular weight is 441 g/mol. The Hall–Kier alpha value is -2.62. The van der Waals surface area contributed by atoms with E-state index in [0.29, 0.717) is 5.92 Å². The number of hydrogen-bond donors (Lipinski definition) is 0. The lowest BCUT2D eigenvalue weighted by atomic mass is 9.82. The number of ether oxygens (including phenoxy) is 1. The first kappa shape index (κ1) is 22.2. The molecule has 3 aromatic carbocycles. The summed E-state index contributed by atoms with van der Waals surface area (Å²) in [6, 6.07) is 24.6. The molecule has 3 nitrogen and oxygen atoms in total. The molecule has 1 unspecified atom stereocenters. The third-order valence-electron chi connectivity index (χ3n) is 7.43. The molecule has 0 amide bonds. The van der Waals surface area contributed by atoms with Crippen LogP contribution >= 0.6 is 0 Å². The third kappa shape index (κ3) is 5.15. The van der Waals surface area contributed by atoms with Crippen LogP contribution in [0.2, 0.25) is 0 Å². The summed E-state index contributed by atoms with van der Waals surface area (Å²) >= 11 is 0. The number of benzene rings is 3. The van der Waals surface area contributed by atoms with Crippen molar-refractivity contribution in [2.24, 2.45) is 0 Å². The minimum absolute atomic E-state index is 0.611. The molecule has 2 aliphatic rings. The van der Waals surface area contributed by atoms with Gasteiger partial charge in [0.2, 0.25) is 0 Å². The van der Waals surface area contributed by atoms with E-state index in [1.165, 1.54) is 46.2 Å². The Morgan fingerprint density at radius 1 is 0.939 bits per heavy atom. The molecule has 0 spiro atoms. The van der Waals surface area contributed by atoms with E-state index in [-0.39, 0.29) is 0 Å². The van der Waals surface area contributed by atoms with Crippen molar-refractivity contribution >= 4 is 0 Å². The number of rotatable bonds is 8. The molecular formula is C30H36N2O. The van der Waals surface area contributed by atoms with E-state index >= 15 is 0 Å². The first-order valence-corrected chi connectivity index (χ1v) is 12.4. The SMILES string of the molecule is COc1cccc2c1CCCC2CN(C)CCc1ccc2c(c1)CN(Cc1ccccc1)C2. The molecule has 0 bridgehead atoms. The van der Waals surface area contributed by atoms with Gasteiger partial charge in [0, 0.05) is 32.7 Å². The zero-order valence-corrected chi connectivity index (χ0v) is 20.1. The van der Waals surface area contributed by atoms with Crippen LogP contribution in [0.5, 0.6) is 5.75 Å². The fourth-order valence-corrected chi connectivity index (χ4v) is 5.71. The molecule has 1 aliphatic heterocycles. The van der Waals surface area contributed by atoms with E-state index in [4.69, 9.17) is 4.74 Å². The Morgan fingerprint density at radius 2 is 1.79 bits per heavy atom. The van der Waals surface area contributed by atoms with Crippen molar-refractivity contribution in [1.82, 2.24) is 9.80 Å². The molecule has 0 saturated carbocycles. The third-order valence-corrected chi connectivity index (χ3v) is 7.43. The maximum absolute atomic E-state index is 5.63. The monoisotopic (exact) mass is 440 g/mol. The van der Waals surface area contributed by atoms with E-state index < -0.39 is 0 Å². The Labute approximate surface area is 199 Å². The van der Waals surface area contributed by atoms with Gasteiger partial charge in [-0.15, -0.1) is 0 Å². The normalized spacial score (nSPS) is 17.7. The molecule has 0 saturated heterocycles. The molecule has 0 radical (unpaired) electrons. The lowest BCUT2D eigenvalue weighted by molar-refractivity contribution is 0.275. The fraction of sp³-hybridized carbons (Fsp3) is 0.400. The Morgan fingerprint density at radius 3 is 2.64 bits per heavy atom. The van der Waals surface area contributed by atoms with Gasteiger partial charge in [-0.2, -0.15) is 0 Å². The minimum Gasteiger partial charge on any atom is -0.496 e. The second kappa shape index (κ2) is 10.1. The van der Waals surface area contributed by atoms with Gasteiger partial charge in [-0.3, -0.25) is 4.90 Å². The molecule has 1 aliphatic carbocycles. The van der Waals surface area contributed by atoms with Gasteiger partial charge in [0.15, 0.2) is 0 Å². The van der Waals surface area contributed by atoms with Crippen LogP contribution in [-0.4, -0.2) is 37.0 Å². The molecule has 0 fully saturated rings. The molecular weight excluding hydrogens is 404 g/mol. The molecule has 1 atom stereocenters. The fourth-order valence-electron chi connectivity index (χ4n) is 5.71. The molecule has 33 heavy (non-hydrogen) atoms. The maximum Gasteiger partial charge on any atom is 0.122 e. The van der Waals surface area contributed by atoms with Gasteiger partial charge in [-0.25, -0.2) is 0 Å². The highest BCUT2D eigenvalue weighted by Crippen LogP contribution is 2.37. The van der Waals surface area contributed by atoms with Crippen molar-refractivity contribution in [3.63, 3.8) is 0 Å². The average Bonchev–Trinajstić information content (AvgIpc) is 3.24. The van der Waals surface area contributed by atoms with Crippen LogP contribution in [0.4, 0.5) is 0 Å². The number of likely N-dealkylation sites (N-methyl/N-ethyl adjacent to an activating group) is 1. The summed E-state index contributed by atoms with van der Waals surface area (Å²) in [5, 5.41) is 0. The van der Waals surface area contributed by atoms with E-state index in [9.17, 15) is 0 Å². The Kier molecular flexibility index (Phi) is 6.80. The summed E-state index contributed by atoms with van der Waals surface area (Å²) in [5.41, 5.74) is 8.81. The lowest BCUT2D eigenvalue weighted by Gasteiger charge is -2.30. The molecule has 0 aromatic heterocycles. The van der Waals surface area contributed by atoms with Gasteiger partial charge < -0.3 is 9.64 Å². The molecule has 1 heterocycles. The smallest absolute Gasteiger partial charge is 0.122 e. The first-order valence-electron chi connectivity index (χ1n) is 12.4. The van der Waals surface area contributed by atoms with Crippen LogP contribution in [0.25, 0.3) is 0 Å². The standard InChI is InChI=1S/C30H36N2O/c1-31(20-26-10-6-12-29-28(26)11-7-13-30(29)33-2)17-16-23-14-15-25-21-32(22-27(25)18-23)19-24-8-4-3-5-9-24/h3-5,7-9,11,13-15,18,26H,6,10,12,16-17,19-22H2,1-2H3. The van der Waals surface area contributed by atoms with Gasteiger partial charge in [-0.05, 0) is 78.1 Å². The van der Waals surface area contributed by atoms with Crippen molar-refractivity contribution in [1.29, 1.82) is 0 Å². The number of fused-ring (bicyclic) bond motifs is 2.